The van der Waals surface area contributed by atoms with Crippen molar-refractivity contribution >= 4 is 6.03 Å². The van der Waals surface area contributed by atoms with Gasteiger partial charge in [0, 0.05) is 30.5 Å². The number of ether oxygens (including phenoxy) is 1. The van der Waals surface area contributed by atoms with Gasteiger partial charge < -0.3 is 30.1 Å². The maximum Gasteiger partial charge on any atom is 0.315 e. The third kappa shape index (κ3) is 4.79. The molecule has 10 nitrogen and oxygen atoms in total. The van der Waals surface area contributed by atoms with Crippen molar-refractivity contribution < 1.29 is 24.3 Å². The predicted molar refractivity (Wildman–Crippen MR) is 93.6 cm³/mol. The van der Waals surface area contributed by atoms with Crippen molar-refractivity contribution in [3.05, 3.63) is 30.4 Å². The maximum atomic E-state index is 11.6. The summed E-state index contributed by atoms with van der Waals surface area (Å²) in [7, 11) is 0. The summed E-state index contributed by atoms with van der Waals surface area (Å²) in [6.45, 7) is 3.75. The monoisotopic (exact) mass is 377 g/mol. The Hall–Kier alpha value is -2.56. The highest BCUT2D eigenvalue weighted by Gasteiger charge is 2.43. The first-order chi connectivity index (χ1) is 12.9. The average Bonchev–Trinajstić information content (AvgIpc) is 3.21. The van der Waals surface area contributed by atoms with Crippen LogP contribution in [0.3, 0.4) is 0 Å². The molecule has 2 amide bonds. The number of hydrogen-bond acceptors (Lipinski definition) is 8. The molecule has 27 heavy (non-hydrogen) atoms. The lowest BCUT2D eigenvalue weighted by atomic mass is 10.1. The number of aliphatic hydroxyl groups excluding tert-OH is 2. The van der Waals surface area contributed by atoms with Crippen LogP contribution in [0.5, 0.6) is 0 Å². The van der Waals surface area contributed by atoms with E-state index in [0.29, 0.717) is 5.82 Å². The SMILES string of the molecule is CC(C)NC(=O)NCC1OC(Cc2nc(-c3ccncc3)no2)C(O)C1O. The first-order valence-corrected chi connectivity index (χ1v) is 8.73. The van der Waals surface area contributed by atoms with Crippen LogP contribution in [0, 0.1) is 0 Å². The summed E-state index contributed by atoms with van der Waals surface area (Å²) < 4.78 is 10.9. The Morgan fingerprint density at radius 3 is 2.63 bits per heavy atom. The quantitative estimate of drug-likeness (QED) is 0.545. The number of hydrogen-bond donors (Lipinski definition) is 4. The van der Waals surface area contributed by atoms with Gasteiger partial charge in [0.2, 0.25) is 11.7 Å². The Morgan fingerprint density at radius 2 is 1.93 bits per heavy atom. The molecule has 2 aromatic heterocycles. The van der Waals surface area contributed by atoms with Gasteiger partial charge >= 0.3 is 6.03 Å². The Kier molecular flexibility index (Phi) is 5.99. The van der Waals surface area contributed by atoms with Crippen molar-refractivity contribution in [1.82, 2.24) is 25.8 Å². The minimum atomic E-state index is -1.13. The van der Waals surface area contributed by atoms with E-state index in [0.717, 1.165) is 5.56 Å². The van der Waals surface area contributed by atoms with E-state index >= 15 is 0 Å². The van der Waals surface area contributed by atoms with Crippen LogP contribution >= 0.6 is 0 Å². The number of nitrogens with one attached hydrogen (secondary N) is 2. The third-order valence-electron chi connectivity index (χ3n) is 4.13. The van der Waals surface area contributed by atoms with Gasteiger partial charge in [-0.05, 0) is 26.0 Å². The largest absolute Gasteiger partial charge is 0.388 e. The summed E-state index contributed by atoms with van der Waals surface area (Å²) in [5.74, 6) is 0.688. The molecule has 0 saturated carbocycles. The van der Waals surface area contributed by atoms with E-state index in [1.807, 2.05) is 13.8 Å². The van der Waals surface area contributed by atoms with Crippen molar-refractivity contribution in [3.8, 4) is 11.4 Å². The topological polar surface area (TPSA) is 143 Å². The van der Waals surface area contributed by atoms with E-state index in [4.69, 9.17) is 9.26 Å². The number of aliphatic hydroxyl groups is 2. The zero-order valence-corrected chi connectivity index (χ0v) is 15.1. The molecule has 0 radical (unpaired) electrons. The van der Waals surface area contributed by atoms with Crippen molar-refractivity contribution in [2.75, 3.05) is 6.54 Å². The summed E-state index contributed by atoms with van der Waals surface area (Å²) in [6.07, 6.45) is -0.309. The van der Waals surface area contributed by atoms with Crippen LogP contribution in [0.1, 0.15) is 19.7 Å². The molecule has 3 rings (SSSR count). The highest BCUT2D eigenvalue weighted by atomic mass is 16.5. The molecule has 4 unspecified atom stereocenters. The zero-order chi connectivity index (χ0) is 19.4. The Balaban J connectivity index is 1.56. The van der Waals surface area contributed by atoms with Gasteiger partial charge in [-0.15, -0.1) is 0 Å². The van der Waals surface area contributed by atoms with Gasteiger partial charge in [-0.25, -0.2) is 4.79 Å². The molecule has 3 heterocycles. The Bertz CT molecular complexity index is 753. The van der Waals surface area contributed by atoms with Gasteiger partial charge in [0.15, 0.2) is 0 Å². The molecule has 10 heteroatoms. The molecular weight excluding hydrogens is 354 g/mol. The summed E-state index contributed by atoms with van der Waals surface area (Å²) in [5.41, 5.74) is 0.756. The minimum Gasteiger partial charge on any atom is -0.388 e. The summed E-state index contributed by atoms with van der Waals surface area (Å²) in [5, 5.41) is 29.6. The zero-order valence-electron chi connectivity index (χ0n) is 15.1. The van der Waals surface area contributed by atoms with Gasteiger partial charge in [-0.1, -0.05) is 5.16 Å². The molecule has 0 bridgehead atoms. The van der Waals surface area contributed by atoms with Crippen molar-refractivity contribution in [2.45, 2.75) is 50.7 Å². The lowest BCUT2D eigenvalue weighted by molar-refractivity contribution is 0.00689. The van der Waals surface area contributed by atoms with Crippen LogP contribution in [0.2, 0.25) is 0 Å². The van der Waals surface area contributed by atoms with E-state index in [-0.39, 0.29) is 30.9 Å². The number of amides is 2. The average molecular weight is 377 g/mol. The van der Waals surface area contributed by atoms with Crippen LogP contribution < -0.4 is 10.6 Å². The van der Waals surface area contributed by atoms with E-state index in [2.05, 4.69) is 25.8 Å². The summed E-state index contributed by atoms with van der Waals surface area (Å²) in [6, 6.07) is 3.13. The molecular formula is C17H23N5O5. The molecule has 2 aromatic rings. The lowest BCUT2D eigenvalue weighted by Gasteiger charge is -2.16. The second-order valence-corrected chi connectivity index (χ2v) is 6.65. The first-order valence-electron chi connectivity index (χ1n) is 8.73. The standard InChI is InChI=1S/C17H23N5O5/c1-9(2)20-17(25)19-8-12-15(24)14(23)11(26-12)7-13-21-16(22-27-13)10-3-5-18-6-4-10/h3-6,9,11-12,14-15,23-24H,7-8H2,1-2H3,(H2,19,20,25). The van der Waals surface area contributed by atoms with Gasteiger partial charge in [0.25, 0.3) is 0 Å². The van der Waals surface area contributed by atoms with Crippen molar-refractivity contribution in [2.24, 2.45) is 0 Å². The number of pyridine rings is 1. The normalized spacial score (nSPS) is 24.9. The van der Waals surface area contributed by atoms with Crippen molar-refractivity contribution in [1.29, 1.82) is 0 Å². The fourth-order valence-electron chi connectivity index (χ4n) is 2.80. The fraction of sp³-hybridized carbons (Fsp3) is 0.529. The number of urea groups is 1. The Morgan fingerprint density at radius 1 is 1.22 bits per heavy atom. The second kappa shape index (κ2) is 8.42. The molecule has 4 N–H and O–H groups in total. The van der Waals surface area contributed by atoms with Gasteiger partial charge in [0.05, 0.1) is 12.5 Å². The first kappa shape index (κ1) is 19.2. The molecule has 0 spiro atoms. The van der Waals surface area contributed by atoms with E-state index in [1.165, 1.54) is 0 Å². The molecule has 0 aromatic carbocycles. The number of rotatable bonds is 6. The van der Waals surface area contributed by atoms with Crippen LogP contribution in [-0.2, 0) is 11.2 Å². The van der Waals surface area contributed by atoms with E-state index < -0.39 is 24.4 Å². The maximum absolute atomic E-state index is 11.6. The number of carbonyl (C=O) groups is 1. The number of aromatic nitrogens is 3. The smallest absolute Gasteiger partial charge is 0.315 e. The molecule has 146 valence electrons. The molecule has 1 fully saturated rings. The summed E-state index contributed by atoms with van der Waals surface area (Å²) in [4.78, 5) is 19.9. The Labute approximate surface area is 155 Å². The second-order valence-electron chi connectivity index (χ2n) is 6.65. The molecule has 1 saturated heterocycles. The highest BCUT2D eigenvalue weighted by Crippen LogP contribution is 2.24. The fourth-order valence-corrected chi connectivity index (χ4v) is 2.80. The van der Waals surface area contributed by atoms with Crippen LogP contribution in [0.15, 0.2) is 29.0 Å². The molecule has 1 aliphatic rings. The lowest BCUT2D eigenvalue weighted by Crippen LogP contribution is -2.45. The summed E-state index contributed by atoms with van der Waals surface area (Å²) >= 11 is 0. The van der Waals surface area contributed by atoms with Crippen LogP contribution in [0.25, 0.3) is 11.4 Å². The molecule has 0 aliphatic carbocycles. The number of carbonyl (C=O) groups excluding carboxylic acids is 1. The van der Waals surface area contributed by atoms with Crippen molar-refractivity contribution in [3.63, 3.8) is 0 Å². The highest BCUT2D eigenvalue weighted by molar-refractivity contribution is 5.74. The third-order valence-corrected chi connectivity index (χ3v) is 4.13. The van der Waals surface area contributed by atoms with Gasteiger partial charge in [-0.2, -0.15) is 4.98 Å². The molecule has 1 aliphatic heterocycles. The molecule has 4 atom stereocenters. The van der Waals surface area contributed by atoms with E-state index in [9.17, 15) is 15.0 Å². The van der Waals surface area contributed by atoms with E-state index in [1.54, 1.807) is 24.5 Å². The van der Waals surface area contributed by atoms with Crippen LogP contribution in [-0.4, -0.2) is 68.4 Å². The van der Waals surface area contributed by atoms with Gasteiger partial charge in [0.1, 0.15) is 18.3 Å². The number of nitrogens with zero attached hydrogens (tertiary/aromatic N) is 3. The minimum absolute atomic E-state index is 0.00937. The van der Waals surface area contributed by atoms with Gasteiger partial charge in [-0.3, -0.25) is 4.98 Å². The van der Waals surface area contributed by atoms with Crippen LogP contribution in [0.4, 0.5) is 4.79 Å². The predicted octanol–water partition coefficient (Wildman–Crippen LogP) is -0.129.